The van der Waals surface area contributed by atoms with Gasteiger partial charge in [0.1, 0.15) is 5.60 Å². The topological polar surface area (TPSA) is 72.6 Å². The van der Waals surface area contributed by atoms with Crippen molar-refractivity contribution in [3.05, 3.63) is 0 Å². The van der Waals surface area contributed by atoms with Gasteiger partial charge in [0.15, 0.2) is 0 Å². The van der Waals surface area contributed by atoms with Crippen molar-refractivity contribution in [2.75, 3.05) is 13.1 Å². The first kappa shape index (κ1) is 16.5. The van der Waals surface area contributed by atoms with E-state index >= 15 is 0 Å². The molecule has 1 heterocycles. The van der Waals surface area contributed by atoms with Crippen LogP contribution in [0.1, 0.15) is 46.5 Å². The summed E-state index contributed by atoms with van der Waals surface area (Å²) in [7, 11) is 0. The Morgan fingerprint density at radius 2 is 1.90 bits per heavy atom. The number of thioether (sulfide) groups is 1. The zero-order valence-corrected chi connectivity index (χ0v) is 13.9. The van der Waals surface area contributed by atoms with E-state index in [-0.39, 0.29) is 11.3 Å². The molecular weight excluding hydrogens is 288 g/mol. The SMILES string of the molecule is CC(C)(C)OC(=O)N1CC[C@@H]2C[C@@H](SC(N)=O)CC[C@@H]2C1. The fraction of sp³-hybridized carbons (Fsp3) is 0.867. The maximum atomic E-state index is 12.1. The van der Waals surface area contributed by atoms with Crippen molar-refractivity contribution >= 4 is 23.1 Å². The highest BCUT2D eigenvalue weighted by Gasteiger charge is 2.37. The van der Waals surface area contributed by atoms with Gasteiger partial charge in [0.2, 0.25) is 0 Å². The van der Waals surface area contributed by atoms with Crippen LogP contribution in [0.15, 0.2) is 0 Å². The van der Waals surface area contributed by atoms with Gasteiger partial charge in [0.25, 0.3) is 5.24 Å². The number of hydrogen-bond acceptors (Lipinski definition) is 4. The second-order valence-corrected chi connectivity index (χ2v) is 8.41. The standard InChI is InChI=1S/C15H26N2O3S/c1-15(2,3)20-14(19)17-7-6-10-8-12(21-13(16)18)5-4-11(10)9-17/h10-12H,4-9H2,1-3H3,(H2,16,18)/t10-,11-,12+/m1/s1. The molecule has 0 aromatic carbocycles. The van der Waals surface area contributed by atoms with Crippen molar-refractivity contribution in [1.82, 2.24) is 4.90 Å². The molecule has 0 radical (unpaired) electrons. The van der Waals surface area contributed by atoms with Crippen LogP contribution in [0.2, 0.25) is 0 Å². The highest BCUT2D eigenvalue weighted by Crippen LogP contribution is 2.40. The molecule has 2 fully saturated rings. The molecule has 2 amide bonds. The normalized spacial score (nSPS) is 29.7. The summed E-state index contributed by atoms with van der Waals surface area (Å²) in [5.74, 6) is 1.14. The van der Waals surface area contributed by atoms with Gasteiger partial charge in [-0.2, -0.15) is 0 Å². The third-order valence-corrected chi connectivity index (χ3v) is 5.24. The van der Waals surface area contributed by atoms with Crippen LogP contribution in [0.3, 0.4) is 0 Å². The number of fused-ring (bicyclic) bond motifs is 1. The average Bonchev–Trinajstić information content (AvgIpc) is 2.35. The second-order valence-electron chi connectivity index (χ2n) is 7.11. The van der Waals surface area contributed by atoms with Gasteiger partial charge in [0, 0.05) is 18.3 Å². The Hall–Kier alpha value is -0.910. The Morgan fingerprint density at radius 3 is 2.52 bits per heavy atom. The highest BCUT2D eigenvalue weighted by molar-refractivity contribution is 8.14. The van der Waals surface area contributed by atoms with E-state index in [0.717, 1.165) is 38.8 Å². The number of ether oxygens (including phenoxy) is 1. The van der Waals surface area contributed by atoms with E-state index in [4.69, 9.17) is 10.5 Å². The van der Waals surface area contributed by atoms with Crippen molar-refractivity contribution in [1.29, 1.82) is 0 Å². The van der Waals surface area contributed by atoms with Crippen molar-refractivity contribution < 1.29 is 14.3 Å². The maximum absolute atomic E-state index is 12.1. The van der Waals surface area contributed by atoms with Crippen molar-refractivity contribution in [2.24, 2.45) is 17.6 Å². The molecule has 0 aromatic heterocycles. The fourth-order valence-electron chi connectivity index (χ4n) is 3.34. The molecule has 0 aromatic rings. The number of hydrogen-bond donors (Lipinski definition) is 1. The Labute approximate surface area is 130 Å². The highest BCUT2D eigenvalue weighted by atomic mass is 32.2. The zero-order chi connectivity index (χ0) is 15.6. The van der Waals surface area contributed by atoms with Gasteiger partial charge < -0.3 is 15.4 Å². The molecule has 120 valence electrons. The van der Waals surface area contributed by atoms with E-state index in [1.165, 1.54) is 11.8 Å². The van der Waals surface area contributed by atoms with E-state index in [0.29, 0.717) is 17.1 Å². The molecule has 2 N–H and O–H groups in total. The fourth-order valence-corrected chi connectivity index (χ4v) is 4.26. The Morgan fingerprint density at radius 1 is 1.19 bits per heavy atom. The predicted octanol–water partition coefficient (Wildman–Crippen LogP) is 3.22. The lowest BCUT2D eigenvalue weighted by atomic mass is 9.75. The molecule has 0 unspecified atom stereocenters. The summed E-state index contributed by atoms with van der Waals surface area (Å²) >= 11 is 1.28. The molecule has 2 aliphatic rings. The molecule has 2 rings (SSSR count). The summed E-state index contributed by atoms with van der Waals surface area (Å²) in [4.78, 5) is 25.0. The lowest BCUT2D eigenvalue weighted by Gasteiger charge is -2.43. The summed E-state index contributed by atoms with van der Waals surface area (Å²) < 4.78 is 5.45. The largest absolute Gasteiger partial charge is 0.444 e. The minimum Gasteiger partial charge on any atom is -0.444 e. The minimum atomic E-state index is -0.441. The third-order valence-electron chi connectivity index (χ3n) is 4.25. The molecule has 1 saturated carbocycles. The second kappa shape index (κ2) is 6.46. The number of amides is 2. The van der Waals surface area contributed by atoms with Gasteiger partial charge in [0.05, 0.1) is 0 Å². The van der Waals surface area contributed by atoms with Crippen LogP contribution in [-0.2, 0) is 4.74 Å². The Balaban J connectivity index is 1.86. The molecule has 0 bridgehead atoms. The zero-order valence-electron chi connectivity index (χ0n) is 13.1. The number of likely N-dealkylation sites (tertiary alicyclic amines) is 1. The molecule has 1 aliphatic carbocycles. The molecule has 6 heteroatoms. The molecule has 3 atom stereocenters. The van der Waals surface area contributed by atoms with Gasteiger partial charge in [-0.3, -0.25) is 4.79 Å². The summed E-state index contributed by atoms with van der Waals surface area (Å²) in [5, 5.41) is 0.0847. The van der Waals surface area contributed by atoms with Crippen LogP contribution in [-0.4, -0.2) is 40.2 Å². The summed E-state index contributed by atoms with van der Waals surface area (Å²) in [5.41, 5.74) is 4.83. The van der Waals surface area contributed by atoms with E-state index in [1.54, 1.807) is 0 Å². The molecular formula is C15H26N2O3S. The summed E-state index contributed by atoms with van der Waals surface area (Å²) in [6.07, 6.45) is 3.92. The number of primary amides is 1. The van der Waals surface area contributed by atoms with E-state index in [1.807, 2.05) is 25.7 Å². The van der Waals surface area contributed by atoms with Gasteiger partial charge in [-0.25, -0.2) is 4.79 Å². The Bertz CT molecular complexity index is 408. The Kier molecular flexibility index (Phi) is 5.07. The van der Waals surface area contributed by atoms with Crippen molar-refractivity contribution in [2.45, 2.75) is 57.3 Å². The van der Waals surface area contributed by atoms with E-state index in [9.17, 15) is 9.59 Å². The lowest BCUT2D eigenvalue weighted by Crippen LogP contribution is -2.47. The van der Waals surface area contributed by atoms with E-state index in [2.05, 4.69) is 0 Å². The average molecular weight is 314 g/mol. The summed E-state index contributed by atoms with van der Waals surface area (Å²) in [6, 6.07) is 0. The molecule has 21 heavy (non-hydrogen) atoms. The monoisotopic (exact) mass is 314 g/mol. The van der Waals surface area contributed by atoms with Gasteiger partial charge in [-0.15, -0.1) is 0 Å². The lowest BCUT2D eigenvalue weighted by molar-refractivity contribution is 0.00602. The number of nitrogens with zero attached hydrogens (tertiary/aromatic N) is 1. The molecule has 1 aliphatic heterocycles. The summed E-state index contributed by atoms with van der Waals surface area (Å²) in [6.45, 7) is 7.22. The van der Waals surface area contributed by atoms with Crippen LogP contribution in [0.5, 0.6) is 0 Å². The van der Waals surface area contributed by atoms with Gasteiger partial charge in [-0.1, -0.05) is 11.8 Å². The number of rotatable bonds is 1. The predicted molar refractivity (Wildman–Crippen MR) is 84.2 cm³/mol. The van der Waals surface area contributed by atoms with Crippen molar-refractivity contribution in [3.63, 3.8) is 0 Å². The first-order valence-corrected chi connectivity index (χ1v) is 8.56. The van der Waals surface area contributed by atoms with Gasteiger partial charge in [-0.05, 0) is 58.3 Å². The van der Waals surface area contributed by atoms with Gasteiger partial charge >= 0.3 is 6.09 Å². The van der Waals surface area contributed by atoms with Crippen LogP contribution in [0, 0.1) is 11.8 Å². The van der Waals surface area contributed by atoms with Crippen molar-refractivity contribution in [3.8, 4) is 0 Å². The number of nitrogens with two attached hydrogens (primary N) is 1. The minimum absolute atomic E-state index is 0.199. The number of piperidine rings is 1. The first-order valence-electron chi connectivity index (χ1n) is 7.68. The van der Waals surface area contributed by atoms with E-state index < -0.39 is 5.60 Å². The quantitative estimate of drug-likeness (QED) is 0.806. The first-order chi connectivity index (χ1) is 9.74. The van der Waals surface area contributed by atoms with Crippen LogP contribution < -0.4 is 5.73 Å². The smallest absolute Gasteiger partial charge is 0.410 e. The molecule has 1 saturated heterocycles. The van der Waals surface area contributed by atoms with Crippen LogP contribution in [0.4, 0.5) is 9.59 Å². The number of carbonyl (C=O) groups is 2. The molecule has 0 spiro atoms. The third kappa shape index (κ3) is 4.80. The van der Waals surface area contributed by atoms with Crippen LogP contribution in [0.25, 0.3) is 0 Å². The molecule has 5 nitrogen and oxygen atoms in total. The number of carbonyl (C=O) groups excluding carboxylic acids is 2. The maximum Gasteiger partial charge on any atom is 0.410 e. The van der Waals surface area contributed by atoms with Crippen LogP contribution >= 0.6 is 11.8 Å².